The van der Waals surface area contributed by atoms with E-state index in [0.29, 0.717) is 12.2 Å². The molecule has 0 saturated heterocycles. The summed E-state index contributed by atoms with van der Waals surface area (Å²) in [4.78, 5) is 24.2. The van der Waals surface area contributed by atoms with E-state index in [1.165, 1.54) is 17.0 Å². The summed E-state index contributed by atoms with van der Waals surface area (Å²) in [6.45, 7) is 2.17. The van der Waals surface area contributed by atoms with Crippen molar-refractivity contribution in [2.75, 3.05) is 25.0 Å². The molecule has 0 radical (unpaired) electrons. The number of nitrogens with one attached hydrogen (secondary N) is 1. The van der Waals surface area contributed by atoms with Gasteiger partial charge in [0, 0.05) is 0 Å². The second-order valence-electron chi connectivity index (χ2n) is 4.40. The van der Waals surface area contributed by atoms with Crippen LogP contribution in [0.5, 0.6) is 0 Å². The summed E-state index contributed by atoms with van der Waals surface area (Å²) in [6.07, 6.45) is 0.744. The van der Waals surface area contributed by atoms with Crippen molar-refractivity contribution < 1.29 is 14.7 Å². The van der Waals surface area contributed by atoms with E-state index in [4.69, 9.17) is 39.9 Å². The Balaban J connectivity index is 0.00000441. The van der Waals surface area contributed by atoms with Crippen LogP contribution in [0.3, 0.4) is 0 Å². The lowest BCUT2D eigenvalue weighted by atomic mass is 10.3. The minimum absolute atomic E-state index is 0. The topological polar surface area (TPSA) is 69.6 Å². The van der Waals surface area contributed by atoms with Gasteiger partial charge in [-0.25, -0.2) is 0 Å². The summed E-state index contributed by atoms with van der Waals surface area (Å²) in [5, 5.41) is 12.2. The van der Waals surface area contributed by atoms with Gasteiger partial charge >= 0.3 is 5.97 Å². The van der Waals surface area contributed by atoms with Gasteiger partial charge in [-0.3, -0.25) is 14.5 Å². The second-order valence-corrected chi connectivity index (χ2v) is 5.62. The average Bonchev–Trinajstić information content (AvgIpc) is 2.35. The number of nitrogens with zero attached hydrogens (tertiary/aromatic N) is 1. The smallest absolute Gasteiger partial charge is 0.317 e. The molecule has 0 fully saturated rings. The van der Waals surface area contributed by atoms with E-state index < -0.39 is 5.97 Å². The third kappa shape index (κ3) is 7.03. The van der Waals surface area contributed by atoms with Crippen LogP contribution in [0.1, 0.15) is 13.3 Å². The molecule has 0 aromatic heterocycles. The lowest BCUT2D eigenvalue weighted by molar-refractivity contribution is -0.138. The number of carboxylic acid groups (broad SMARTS) is 1. The number of carbonyl (C=O) groups is 2. The largest absolute Gasteiger partial charge is 0.480 e. The number of hydrogen-bond acceptors (Lipinski definition) is 3. The molecule has 0 bridgehead atoms. The van der Waals surface area contributed by atoms with Gasteiger partial charge in [-0.05, 0) is 25.1 Å². The first kappa shape index (κ1) is 21.3. The van der Waals surface area contributed by atoms with E-state index in [0.717, 1.165) is 6.42 Å². The summed E-state index contributed by atoms with van der Waals surface area (Å²) < 4.78 is 0. The van der Waals surface area contributed by atoms with Crippen LogP contribution in [0.4, 0.5) is 5.69 Å². The van der Waals surface area contributed by atoms with E-state index in [1.807, 2.05) is 6.92 Å². The monoisotopic (exact) mass is 388 g/mol. The molecular weight excluding hydrogens is 374 g/mol. The number of hydrogen-bond donors (Lipinski definition) is 2. The molecule has 0 atom stereocenters. The van der Waals surface area contributed by atoms with Crippen molar-refractivity contribution in [2.45, 2.75) is 13.3 Å². The SMILES string of the molecule is CCCN(CC(=O)O)CC(=O)Nc1cc(Cl)c(Cl)cc1Cl.Cl. The summed E-state index contributed by atoms with van der Waals surface area (Å²) in [7, 11) is 0. The fourth-order valence-corrected chi connectivity index (χ4v) is 2.33. The van der Waals surface area contributed by atoms with Gasteiger partial charge in [0.15, 0.2) is 0 Å². The Morgan fingerprint density at radius 2 is 1.73 bits per heavy atom. The Labute approximate surface area is 149 Å². The van der Waals surface area contributed by atoms with Gasteiger partial charge in [0.2, 0.25) is 5.91 Å². The van der Waals surface area contributed by atoms with Crippen LogP contribution >= 0.6 is 47.2 Å². The number of benzene rings is 1. The van der Waals surface area contributed by atoms with Crippen molar-refractivity contribution in [2.24, 2.45) is 0 Å². The van der Waals surface area contributed by atoms with E-state index in [9.17, 15) is 9.59 Å². The quantitative estimate of drug-likeness (QED) is 0.695. The second kappa shape index (κ2) is 10.1. The molecule has 9 heteroatoms. The van der Waals surface area contributed by atoms with Crippen LogP contribution in [-0.2, 0) is 9.59 Å². The number of halogens is 4. The summed E-state index contributed by atoms with van der Waals surface area (Å²) >= 11 is 17.6. The molecule has 2 N–H and O–H groups in total. The van der Waals surface area contributed by atoms with E-state index >= 15 is 0 Å². The standard InChI is InChI=1S/C13H15Cl3N2O3.ClH/c1-2-3-18(7-13(20)21)6-12(19)17-11-5-9(15)8(14)4-10(11)16;/h4-5H,2-3,6-7H2,1H3,(H,17,19)(H,20,21);1H. The summed E-state index contributed by atoms with van der Waals surface area (Å²) in [5.74, 6) is -1.35. The van der Waals surface area contributed by atoms with Crippen molar-refractivity contribution >= 4 is 64.8 Å². The zero-order valence-corrected chi connectivity index (χ0v) is 14.8. The maximum absolute atomic E-state index is 11.9. The lowest BCUT2D eigenvalue weighted by Gasteiger charge is -2.19. The number of aliphatic carboxylic acids is 1. The molecule has 0 unspecified atom stereocenters. The highest BCUT2D eigenvalue weighted by molar-refractivity contribution is 6.44. The maximum atomic E-state index is 11.9. The minimum Gasteiger partial charge on any atom is -0.480 e. The highest BCUT2D eigenvalue weighted by Gasteiger charge is 2.15. The summed E-state index contributed by atoms with van der Waals surface area (Å²) in [6, 6.07) is 2.88. The Bertz CT molecular complexity index is 540. The number of anilines is 1. The normalized spacial score (nSPS) is 10.2. The van der Waals surface area contributed by atoms with Crippen molar-refractivity contribution in [3.63, 3.8) is 0 Å². The first-order valence-corrected chi connectivity index (χ1v) is 7.35. The molecule has 1 rings (SSSR count). The first-order valence-electron chi connectivity index (χ1n) is 6.22. The van der Waals surface area contributed by atoms with Crippen LogP contribution < -0.4 is 5.32 Å². The predicted octanol–water partition coefficient (Wildman–Crippen LogP) is 3.80. The number of carbonyl (C=O) groups excluding carboxylic acids is 1. The zero-order chi connectivity index (χ0) is 16.0. The van der Waals surface area contributed by atoms with E-state index in [1.54, 1.807) is 0 Å². The van der Waals surface area contributed by atoms with Gasteiger partial charge in [-0.15, -0.1) is 12.4 Å². The molecule has 0 aliphatic rings. The summed E-state index contributed by atoms with van der Waals surface area (Å²) in [5.41, 5.74) is 0.336. The van der Waals surface area contributed by atoms with Crippen LogP contribution in [-0.4, -0.2) is 41.5 Å². The lowest BCUT2D eigenvalue weighted by Crippen LogP contribution is -2.37. The Hall–Kier alpha value is -0.720. The Kier molecular flexibility index (Phi) is 9.80. The highest BCUT2D eigenvalue weighted by atomic mass is 35.5. The van der Waals surface area contributed by atoms with Gasteiger partial charge in [-0.1, -0.05) is 41.7 Å². The molecule has 5 nitrogen and oxygen atoms in total. The number of carboxylic acids is 1. The molecule has 124 valence electrons. The maximum Gasteiger partial charge on any atom is 0.317 e. The molecule has 0 aliphatic heterocycles. The molecular formula is C13H16Cl4N2O3. The molecule has 0 spiro atoms. The average molecular weight is 390 g/mol. The van der Waals surface area contributed by atoms with Crippen molar-refractivity contribution in [3.8, 4) is 0 Å². The highest BCUT2D eigenvalue weighted by Crippen LogP contribution is 2.32. The number of rotatable bonds is 7. The van der Waals surface area contributed by atoms with Crippen molar-refractivity contribution in [1.29, 1.82) is 0 Å². The van der Waals surface area contributed by atoms with Crippen molar-refractivity contribution in [3.05, 3.63) is 27.2 Å². The number of amides is 1. The molecule has 0 aliphatic carbocycles. The molecule has 1 amide bonds. The molecule has 0 saturated carbocycles. The van der Waals surface area contributed by atoms with Gasteiger partial charge in [0.1, 0.15) is 0 Å². The van der Waals surface area contributed by atoms with Crippen LogP contribution in [0, 0.1) is 0 Å². The minimum atomic E-state index is -0.983. The van der Waals surface area contributed by atoms with E-state index in [2.05, 4.69) is 5.32 Å². The van der Waals surface area contributed by atoms with Gasteiger partial charge in [0.25, 0.3) is 0 Å². The molecule has 22 heavy (non-hydrogen) atoms. The van der Waals surface area contributed by atoms with Gasteiger partial charge < -0.3 is 10.4 Å². The molecule has 1 aromatic rings. The third-order valence-corrected chi connectivity index (χ3v) is 3.58. The Morgan fingerprint density at radius 3 is 2.27 bits per heavy atom. The van der Waals surface area contributed by atoms with Gasteiger partial charge in [-0.2, -0.15) is 0 Å². The van der Waals surface area contributed by atoms with Crippen LogP contribution in [0.15, 0.2) is 12.1 Å². The fraction of sp³-hybridized carbons (Fsp3) is 0.385. The van der Waals surface area contributed by atoms with Crippen LogP contribution in [0.25, 0.3) is 0 Å². The molecule has 1 aromatic carbocycles. The molecule has 0 heterocycles. The predicted molar refractivity (Wildman–Crippen MR) is 91.7 cm³/mol. The van der Waals surface area contributed by atoms with Crippen molar-refractivity contribution in [1.82, 2.24) is 4.90 Å². The van der Waals surface area contributed by atoms with E-state index in [-0.39, 0.29) is 46.5 Å². The third-order valence-electron chi connectivity index (χ3n) is 2.55. The Morgan fingerprint density at radius 1 is 1.14 bits per heavy atom. The van der Waals surface area contributed by atoms with Gasteiger partial charge in [0.05, 0.1) is 33.8 Å². The zero-order valence-electron chi connectivity index (χ0n) is 11.7. The first-order chi connectivity index (χ1) is 9.83. The fourth-order valence-electron chi connectivity index (χ4n) is 1.73. The van der Waals surface area contributed by atoms with Crippen LogP contribution in [0.2, 0.25) is 15.1 Å².